The Hall–Kier alpha value is -1.58. The summed E-state index contributed by atoms with van der Waals surface area (Å²) < 4.78 is 13.1. The second-order valence-corrected chi connectivity index (χ2v) is 2.59. The number of amides is 1. The number of para-hydroxylation sites is 1. The van der Waals surface area contributed by atoms with Crippen molar-refractivity contribution >= 4 is 17.3 Å². The number of carbonyl (C=O) groups is 1. The minimum absolute atomic E-state index is 0.192. The number of hydrogen-bond acceptors (Lipinski definition) is 2. The summed E-state index contributed by atoms with van der Waals surface area (Å²) in [6.07, 6.45) is 0. The van der Waals surface area contributed by atoms with Crippen LogP contribution in [0, 0.1) is 5.82 Å². The summed E-state index contributed by atoms with van der Waals surface area (Å²) in [5, 5.41) is 5.20. The average Bonchev–Trinajstić information content (AvgIpc) is 2.08. The van der Waals surface area contributed by atoms with Gasteiger partial charge in [0.1, 0.15) is 11.5 Å². The summed E-state index contributed by atoms with van der Waals surface area (Å²) in [4.78, 5) is 10.7. The molecule has 0 spiro atoms. The summed E-state index contributed by atoms with van der Waals surface area (Å²) in [6.45, 7) is 1.34. The average molecular weight is 182 g/mol. The van der Waals surface area contributed by atoms with E-state index in [2.05, 4.69) is 10.6 Å². The summed E-state index contributed by atoms with van der Waals surface area (Å²) >= 11 is 0. The van der Waals surface area contributed by atoms with E-state index >= 15 is 0 Å². The van der Waals surface area contributed by atoms with Gasteiger partial charge in [-0.1, -0.05) is 6.07 Å². The standard InChI is InChI=1S/C9H11FN2O/c1-6(13)12-9-7(10)4-3-5-8(9)11-2/h3-5,11H,1-2H3,(H,12,13). The number of nitrogens with one attached hydrogen (secondary N) is 2. The third kappa shape index (κ3) is 2.18. The van der Waals surface area contributed by atoms with Crippen molar-refractivity contribution in [3.05, 3.63) is 24.0 Å². The molecule has 0 saturated carbocycles. The molecule has 0 aliphatic rings. The van der Waals surface area contributed by atoms with Gasteiger partial charge in [-0.05, 0) is 12.1 Å². The van der Waals surface area contributed by atoms with Gasteiger partial charge in [0.05, 0.1) is 5.69 Å². The zero-order valence-corrected chi connectivity index (χ0v) is 7.52. The third-order valence-corrected chi connectivity index (χ3v) is 1.58. The van der Waals surface area contributed by atoms with E-state index in [0.29, 0.717) is 5.69 Å². The van der Waals surface area contributed by atoms with Crippen LogP contribution < -0.4 is 10.6 Å². The molecule has 1 rings (SSSR count). The number of carbonyl (C=O) groups excluding carboxylic acids is 1. The molecule has 0 radical (unpaired) electrons. The van der Waals surface area contributed by atoms with Gasteiger partial charge in [0.25, 0.3) is 0 Å². The van der Waals surface area contributed by atoms with E-state index in [1.165, 1.54) is 13.0 Å². The predicted octanol–water partition coefficient (Wildman–Crippen LogP) is 1.83. The molecule has 3 nitrogen and oxygen atoms in total. The number of rotatable bonds is 2. The Balaban J connectivity index is 3.07. The van der Waals surface area contributed by atoms with Gasteiger partial charge in [-0.25, -0.2) is 4.39 Å². The zero-order valence-electron chi connectivity index (χ0n) is 7.52. The van der Waals surface area contributed by atoms with Crippen molar-refractivity contribution in [2.24, 2.45) is 0 Å². The van der Waals surface area contributed by atoms with E-state index in [1.807, 2.05) is 0 Å². The fourth-order valence-corrected chi connectivity index (χ4v) is 1.04. The van der Waals surface area contributed by atoms with Gasteiger partial charge in [-0.3, -0.25) is 4.79 Å². The van der Waals surface area contributed by atoms with Crippen molar-refractivity contribution in [2.45, 2.75) is 6.92 Å². The topological polar surface area (TPSA) is 41.1 Å². The molecule has 1 amide bonds. The quantitative estimate of drug-likeness (QED) is 0.732. The molecule has 1 aromatic rings. The van der Waals surface area contributed by atoms with Crippen molar-refractivity contribution < 1.29 is 9.18 Å². The summed E-state index contributed by atoms with van der Waals surface area (Å²) in [5.74, 6) is -0.733. The minimum atomic E-state index is -0.443. The maximum Gasteiger partial charge on any atom is 0.221 e. The molecule has 1 aromatic carbocycles. The Morgan fingerprint density at radius 3 is 2.69 bits per heavy atom. The molecule has 0 aliphatic heterocycles. The van der Waals surface area contributed by atoms with E-state index in [-0.39, 0.29) is 11.6 Å². The molecule has 70 valence electrons. The van der Waals surface area contributed by atoms with Crippen molar-refractivity contribution in [2.75, 3.05) is 17.7 Å². The monoisotopic (exact) mass is 182 g/mol. The Labute approximate surface area is 76.0 Å². The van der Waals surface area contributed by atoms with Crippen LogP contribution in [0.2, 0.25) is 0 Å². The molecule has 0 fully saturated rings. The smallest absolute Gasteiger partial charge is 0.221 e. The Morgan fingerprint density at radius 2 is 2.15 bits per heavy atom. The first-order valence-electron chi connectivity index (χ1n) is 3.89. The first kappa shape index (κ1) is 9.51. The number of anilines is 2. The largest absolute Gasteiger partial charge is 0.386 e. The van der Waals surface area contributed by atoms with Crippen molar-refractivity contribution in [1.82, 2.24) is 0 Å². The molecule has 0 aromatic heterocycles. The van der Waals surface area contributed by atoms with Gasteiger partial charge < -0.3 is 10.6 Å². The lowest BCUT2D eigenvalue weighted by atomic mass is 10.2. The van der Waals surface area contributed by atoms with E-state index in [4.69, 9.17) is 0 Å². The number of hydrogen-bond donors (Lipinski definition) is 2. The van der Waals surface area contributed by atoms with Gasteiger partial charge in [0, 0.05) is 14.0 Å². The highest BCUT2D eigenvalue weighted by molar-refractivity contribution is 5.92. The lowest BCUT2D eigenvalue weighted by molar-refractivity contribution is -0.114. The van der Waals surface area contributed by atoms with Crippen LogP contribution in [0.25, 0.3) is 0 Å². The molecule has 0 unspecified atom stereocenters. The molecule has 4 heteroatoms. The molecule has 2 N–H and O–H groups in total. The van der Waals surface area contributed by atoms with Crippen LogP contribution in [-0.2, 0) is 4.79 Å². The number of halogens is 1. The van der Waals surface area contributed by atoms with Crippen LogP contribution in [0.1, 0.15) is 6.92 Å². The minimum Gasteiger partial charge on any atom is -0.386 e. The van der Waals surface area contributed by atoms with Crippen LogP contribution in [0.5, 0.6) is 0 Å². The second kappa shape index (κ2) is 3.89. The highest BCUT2D eigenvalue weighted by Crippen LogP contribution is 2.23. The Kier molecular flexibility index (Phi) is 2.84. The molecule has 13 heavy (non-hydrogen) atoms. The highest BCUT2D eigenvalue weighted by Gasteiger charge is 2.07. The Bertz CT molecular complexity index is 325. The Morgan fingerprint density at radius 1 is 1.46 bits per heavy atom. The van der Waals surface area contributed by atoms with Crippen molar-refractivity contribution in [1.29, 1.82) is 0 Å². The molecule has 0 aliphatic carbocycles. The van der Waals surface area contributed by atoms with Gasteiger partial charge in [-0.2, -0.15) is 0 Å². The van der Waals surface area contributed by atoms with Gasteiger partial charge in [-0.15, -0.1) is 0 Å². The van der Waals surface area contributed by atoms with Crippen LogP contribution in [-0.4, -0.2) is 13.0 Å². The van der Waals surface area contributed by atoms with E-state index in [0.717, 1.165) is 0 Å². The fourth-order valence-electron chi connectivity index (χ4n) is 1.04. The molecular weight excluding hydrogens is 171 g/mol. The third-order valence-electron chi connectivity index (χ3n) is 1.58. The van der Waals surface area contributed by atoms with E-state index in [9.17, 15) is 9.18 Å². The zero-order chi connectivity index (χ0) is 9.84. The SMILES string of the molecule is CNc1cccc(F)c1NC(C)=O. The summed E-state index contributed by atoms with van der Waals surface area (Å²) in [6, 6.07) is 4.56. The van der Waals surface area contributed by atoms with Gasteiger partial charge in [0.2, 0.25) is 5.91 Å². The highest BCUT2D eigenvalue weighted by atomic mass is 19.1. The molecular formula is C9H11FN2O. The summed E-state index contributed by atoms with van der Waals surface area (Å²) in [5.41, 5.74) is 0.757. The maximum absolute atomic E-state index is 13.1. The van der Waals surface area contributed by atoms with E-state index < -0.39 is 5.82 Å². The summed E-state index contributed by atoms with van der Waals surface area (Å²) in [7, 11) is 1.67. The lowest BCUT2D eigenvalue weighted by Gasteiger charge is -2.09. The lowest BCUT2D eigenvalue weighted by Crippen LogP contribution is -2.09. The fraction of sp³-hybridized carbons (Fsp3) is 0.222. The maximum atomic E-state index is 13.1. The first-order valence-corrected chi connectivity index (χ1v) is 3.89. The van der Waals surface area contributed by atoms with Crippen LogP contribution in [0.15, 0.2) is 18.2 Å². The van der Waals surface area contributed by atoms with Crippen LogP contribution in [0.3, 0.4) is 0 Å². The van der Waals surface area contributed by atoms with Crippen molar-refractivity contribution in [3.63, 3.8) is 0 Å². The normalized spacial score (nSPS) is 9.46. The number of benzene rings is 1. The molecule has 0 atom stereocenters. The molecule has 0 heterocycles. The van der Waals surface area contributed by atoms with Crippen LogP contribution >= 0.6 is 0 Å². The van der Waals surface area contributed by atoms with Crippen LogP contribution in [0.4, 0.5) is 15.8 Å². The molecule has 0 bridgehead atoms. The van der Waals surface area contributed by atoms with Gasteiger partial charge >= 0.3 is 0 Å². The predicted molar refractivity (Wildman–Crippen MR) is 50.3 cm³/mol. The molecule has 0 saturated heterocycles. The second-order valence-electron chi connectivity index (χ2n) is 2.59. The van der Waals surface area contributed by atoms with Crippen molar-refractivity contribution in [3.8, 4) is 0 Å². The first-order chi connectivity index (χ1) is 6.15. The van der Waals surface area contributed by atoms with Gasteiger partial charge in [0.15, 0.2) is 0 Å². The van der Waals surface area contributed by atoms with E-state index in [1.54, 1.807) is 19.2 Å².